The van der Waals surface area contributed by atoms with E-state index in [1.165, 1.54) is 5.56 Å². The van der Waals surface area contributed by atoms with Crippen LogP contribution < -0.4 is 5.46 Å². The Morgan fingerprint density at radius 3 is 2.83 bits per heavy atom. The van der Waals surface area contributed by atoms with Crippen molar-refractivity contribution in [2.24, 2.45) is 0 Å². The summed E-state index contributed by atoms with van der Waals surface area (Å²) in [6, 6.07) is 5.79. The van der Waals surface area contributed by atoms with Crippen molar-refractivity contribution in [3.63, 3.8) is 0 Å². The van der Waals surface area contributed by atoms with Crippen LogP contribution in [0.2, 0.25) is 0 Å². The summed E-state index contributed by atoms with van der Waals surface area (Å²) >= 11 is 0. The largest absolute Gasteiger partial charge is 0.459 e. The molecule has 2 aromatic rings. The first-order chi connectivity index (χ1) is 8.58. The molecule has 90 valence electrons. The SMILES string of the molecule is [B]c1cc(C(C)C)c2c(c1)cc1n2CCOC1=O. The lowest BCUT2D eigenvalue weighted by molar-refractivity contribution is 0.0426. The third-order valence-corrected chi connectivity index (χ3v) is 3.42. The summed E-state index contributed by atoms with van der Waals surface area (Å²) in [7, 11) is 5.93. The second-order valence-electron chi connectivity index (χ2n) is 5.02. The van der Waals surface area contributed by atoms with Crippen LogP contribution in [-0.4, -0.2) is 25.0 Å². The van der Waals surface area contributed by atoms with Gasteiger partial charge in [-0.2, -0.15) is 0 Å². The molecule has 0 saturated heterocycles. The molecule has 2 radical (unpaired) electrons. The van der Waals surface area contributed by atoms with Crippen molar-refractivity contribution in [1.29, 1.82) is 0 Å². The van der Waals surface area contributed by atoms with Crippen molar-refractivity contribution in [3.05, 3.63) is 29.5 Å². The average molecular weight is 239 g/mol. The van der Waals surface area contributed by atoms with E-state index in [1.807, 2.05) is 18.2 Å². The molecule has 0 aliphatic carbocycles. The number of nitrogens with zero attached hydrogens (tertiary/aromatic N) is 1. The van der Waals surface area contributed by atoms with Gasteiger partial charge >= 0.3 is 5.97 Å². The molecule has 4 heteroatoms. The average Bonchev–Trinajstić information content (AvgIpc) is 2.67. The van der Waals surface area contributed by atoms with E-state index in [0.29, 0.717) is 24.8 Å². The standard InChI is InChI=1S/C14H14BNO2/c1-8(2)11-7-10(15)5-9-6-12-14(17)18-4-3-16(12)13(9)11/h5-8H,3-4H2,1-2H3. The Morgan fingerprint density at radius 2 is 2.11 bits per heavy atom. The van der Waals surface area contributed by atoms with Crippen LogP contribution in [0.15, 0.2) is 18.2 Å². The number of rotatable bonds is 1. The van der Waals surface area contributed by atoms with Gasteiger partial charge in [0.2, 0.25) is 0 Å². The highest BCUT2D eigenvalue weighted by Crippen LogP contribution is 2.29. The Morgan fingerprint density at radius 1 is 1.33 bits per heavy atom. The molecule has 0 unspecified atom stereocenters. The topological polar surface area (TPSA) is 31.2 Å². The summed E-state index contributed by atoms with van der Waals surface area (Å²) in [6.45, 7) is 5.43. The zero-order chi connectivity index (χ0) is 12.9. The molecular formula is C14H14BNO2. The predicted molar refractivity (Wildman–Crippen MR) is 71.7 cm³/mol. The van der Waals surface area contributed by atoms with E-state index in [0.717, 1.165) is 16.4 Å². The van der Waals surface area contributed by atoms with Crippen LogP contribution in [-0.2, 0) is 11.3 Å². The molecular weight excluding hydrogens is 225 g/mol. The van der Waals surface area contributed by atoms with Crippen LogP contribution in [0.1, 0.15) is 35.8 Å². The molecule has 0 fully saturated rings. The Balaban J connectivity index is 2.38. The Labute approximate surface area is 107 Å². The van der Waals surface area contributed by atoms with Gasteiger partial charge in [-0.1, -0.05) is 31.4 Å². The number of hydrogen-bond acceptors (Lipinski definition) is 2. The maximum absolute atomic E-state index is 11.7. The van der Waals surface area contributed by atoms with Gasteiger partial charge in [0.25, 0.3) is 0 Å². The van der Waals surface area contributed by atoms with E-state index in [2.05, 4.69) is 18.4 Å². The highest BCUT2D eigenvalue weighted by molar-refractivity contribution is 6.33. The second-order valence-corrected chi connectivity index (χ2v) is 5.02. The fourth-order valence-corrected chi connectivity index (χ4v) is 2.62. The molecule has 0 amide bonds. The number of benzene rings is 1. The number of carbonyl (C=O) groups is 1. The number of cyclic esters (lactones) is 1. The van der Waals surface area contributed by atoms with Crippen molar-refractivity contribution in [1.82, 2.24) is 4.57 Å². The molecule has 1 aliphatic rings. The molecule has 18 heavy (non-hydrogen) atoms. The molecule has 3 rings (SSSR count). The monoisotopic (exact) mass is 239 g/mol. The highest BCUT2D eigenvalue weighted by atomic mass is 16.5. The van der Waals surface area contributed by atoms with Gasteiger partial charge in [-0.15, -0.1) is 0 Å². The molecule has 1 aromatic heterocycles. The third-order valence-electron chi connectivity index (χ3n) is 3.42. The lowest BCUT2D eigenvalue weighted by Gasteiger charge is -2.18. The summed E-state index contributed by atoms with van der Waals surface area (Å²) in [4.78, 5) is 11.7. The fraction of sp³-hybridized carbons (Fsp3) is 0.357. The Kier molecular flexibility index (Phi) is 2.47. The van der Waals surface area contributed by atoms with Crippen LogP contribution in [0.4, 0.5) is 0 Å². The smallest absolute Gasteiger partial charge is 0.355 e. The summed E-state index contributed by atoms with van der Waals surface area (Å²) in [6.07, 6.45) is 0. The third kappa shape index (κ3) is 1.56. The number of esters is 1. The van der Waals surface area contributed by atoms with Gasteiger partial charge in [0.1, 0.15) is 20.1 Å². The lowest BCUT2D eigenvalue weighted by atomic mass is 9.89. The minimum atomic E-state index is -0.245. The second kappa shape index (κ2) is 3.90. The Bertz CT molecular complexity index is 643. The number of carbonyl (C=O) groups excluding carboxylic acids is 1. The van der Waals surface area contributed by atoms with Gasteiger partial charge in [0.05, 0.1) is 12.1 Å². The molecule has 0 N–H and O–H groups in total. The quantitative estimate of drug-likeness (QED) is 0.560. The molecule has 0 saturated carbocycles. The first-order valence-corrected chi connectivity index (χ1v) is 6.17. The number of fused-ring (bicyclic) bond motifs is 3. The van der Waals surface area contributed by atoms with E-state index in [1.54, 1.807) is 0 Å². The van der Waals surface area contributed by atoms with E-state index >= 15 is 0 Å². The highest BCUT2D eigenvalue weighted by Gasteiger charge is 2.23. The lowest BCUT2D eigenvalue weighted by Crippen LogP contribution is -2.22. The van der Waals surface area contributed by atoms with Crippen molar-refractivity contribution < 1.29 is 9.53 Å². The van der Waals surface area contributed by atoms with Crippen molar-refractivity contribution >= 4 is 30.2 Å². The van der Waals surface area contributed by atoms with Crippen molar-refractivity contribution in [2.45, 2.75) is 26.3 Å². The number of hydrogen-bond donors (Lipinski definition) is 0. The Hall–Kier alpha value is -1.71. The molecule has 0 spiro atoms. The van der Waals surface area contributed by atoms with Gasteiger partial charge < -0.3 is 9.30 Å². The van der Waals surface area contributed by atoms with E-state index in [4.69, 9.17) is 12.6 Å². The van der Waals surface area contributed by atoms with E-state index < -0.39 is 0 Å². The van der Waals surface area contributed by atoms with Crippen molar-refractivity contribution in [3.8, 4) is 0 Å². The van der Waals surface area contributed by atoms with Crippen LogP contribution in [0.25, 0.3) is 10.9 Å². The maximum Gasteiger partial charge on any atom is 0.355 e. The van der Waals surface area contributed by atoms with Crippen molar-refractivity contribution in [2.75, 3.05) is 6.61 Å². The molecule has 0 atom stereocenters. The van der Waals surface area contributed by atoms with Crippen LogP contribution >= 0.6 is 0 Å². The summed E-state index contributed by atoms with van der Waals surface area (Å²) in [5.74, 6) is 0.124. The van der Waals surface area contributed by atoms with Crippen LogP contribution in [0.5, 0.6) is 0 Å². The maximum atomic E-state index is 11.7. The van der Waals surface area contributed by atoms with Gasteiger partial charge in [0.15, 0.2) is 0 Å². The normalized spacial score (nSPS) is 14.9. The first-order valence-electron chi connectivity index (χ1n) is 6.17. The molecule has 3 nitrogen and oxygen atoms in total. The van der Waals surface area contributed by atoms with Gasteiger partial charge in [-0.3, -0.25) is 0 Å². The van der Waals surface area contributed by atoms with Gasteiger partial charge in [-0.05, 0) is 17.5 Å². The number of aromatic nitrogens is 1. The zero-order valence-corrected chi connectivity index (χ0v) is 10.6. The minimum Gasteiger partial charge on any atom is -0.459 e. The van der Waals surface area contributed by atoms with Crippen LogP contribution in [0, 0.1) is 0 Å². The first kappa shape index (κ1) is 11.4. The van der Waals surface area contributed by atoms with Crippen LogP contribution in [0.3, 0.4) is 0 Å². The van der Waals surface area contributed by atoms with Gasteiger partial charge in [0, 0.05) is 5.39 Å². The van der Waals surface area contributed by atoms with E-state index in [-0.39, 0.29) is 5.97 Å². The summed E-state index contributed by atoms with van der Waals surface area (Å²) in [5, 5.41) is 1.02. The summed E-state index contributed by atoms with van der Waals surface area (Å²) in [5.41, 5.74) is 3.67. The minimum absolute atomic E-state index is 0.245. The summed E-state index contributed by atoms with van der Waals surface area (Å²) < 4.78 is 7.12. The molecule has 2 heterocycles. The van der Waals surface area contributed by atoms with Gasteiger partial charge in [-0.25, -0.2) is 4.79 Å². The number of ether oxygens (including phenoxy) is 1. The molecule has 1 aliphatic heterocycles. The van der Waals surface area contributed by atoms with E-state index in [9.17, 15) is 4.79 Å². The fourth-order valence-electron chi connectivity index (χ4n) is 2.62. The zero-order valence-electron chi connectivity index (χ0n) is 10.6. The molecule has 0 bridgehead atoms. The molecule has 1 aromatic carbocycles. The predicted octanol–water partition coefficient (Wildman–Crippen LogP) is 1.73.